The van der Waals surface area contributed by atoms with Crippen LogP contribution in [0.15, 0.2) is 57.8 Å². The summed E-state index contributed by atoms with van der Waals surface area (Å²) in [6.07, 6.45) is 1.99. The van der Waals surface area contributed by atoms with Gasteiger partial charge < -0.3 is 4.52 Å². The molecule has 1 aliphatic rings. The van der Waals surface area contributed by atoms with E-state index < -0.39 is 0 Å². The van der Waals surface area contributed by atoms with E-state index in [1.807, 2.05) is 24.3 Å². The van der Waals surface area contributed by atoms with Crippen LogP contribution in [-0.4, -0.2) is 20.3 Å². The van der Waals surface area contributed by atoms with Crippen molar-refractivity contribution in [1.82, 2.24) is 20.3 Å². The Hall–Kier alpha value is -3.28. The summed E-state index contributed by atoms with van der Waals surface area (Å²) < 4.78 is 5.48. The van der Waals surface area contributed by atoms with Gasteiger partial charge in [-0.1, -0.05) is 47.6 Å². The van der Waals surface area contributed by atoms with Gasteiger partial charge in [0.15, 0.2) is 11.5 Å². The highest BCUT2D eigenvalue weighted by atomic mass is 16.5. The van der Waals surface area contributed by atoms with Gasteiger partial charge in [0, 0.05) is 11.3 Å². The molecule has 0 bridgehead atoms. The van der Waals surface area contributed by atoms with Crippen LogP contribution < -0.4 is 5.56 Å². The molecule has 25 heavy (non-hydrogen) atoms. The van der Waals surface area contributed by atoms with Crippen molar-refractivity contribution in [3.8, 4) is 11.6 Å². The van der Waals surface area contributed by atoms with Gasteiger partial charge in [0.25, 0.3) is 11.4 Å². The molecule has 0 saturated carbocycles. The maximum Gasteiger partial charge on any atom is 0.279 e. The van der Waals surface area contributed by atoms with Gasteiger partial charge in [-0.3, -0.25) is 4.79 Å². The van der Waals surface area contributed by atoms with Gasteiger partial charge in [-0.25, -0.2) is 5.10 Å². The zero-order valence-corrected chi connectivity index (χ0v) is 13.3. The second kappa shape index (κ2) is 5.37. The van der Waals surface area contributed by atoms with Gasteiger partial charge in [0.1, 0.15) is 0 Å². The summed E-state index contributed by atoms with van der Waals surface area (Å²) in [5.74, 6) is 1.13. The molecule has 2 heterocycles. The van der Waals surface area contributed by atoms with Gasteiger partial charge in [-0.05, 0) is 30.0 Å². The first kappa shape index (κ1) is 14.1. The Morgan fingerprint density at radius 2 is 1.84 bits per heavy atom. The molecule has 4 aromatic rings. The average Bonchev–Trinajstić information content (AvgIpc) is 3.29. The summed E-state index contributed by atoms with van der Waals surface area (Å²) in [7, 11) is 0. The van der Waals surface area contributed by atoms with Crippen molar-refractivity contribution in [2.75, 3.05) is 0 Å². The SMILES string of the molecule is O=c1[nH]nc(-c2nc(C3CCc4ccccc43)no2)c2ccccc12. The minimum atomic E-state index is -0.233. The smallest absolute Gasteiger partial charge is 0.279 e. The number of nitrogens with zero attached hydrogens (tertiary/aromatic N) is 3. The number of aromatic nitrogens is 4. The van der Waals surface area contributed by atoms with E-state index in [-0.39, 0.29) is 11.5 Å². The first-order valence-electron chi connectivity index (χ1n) is 8.20. The Morgan fingerprint density at radius 3 is 2.76 bits per heavy atom. The molecule has 1 atom stereocenters. The Morgan fingerprint density at radius 1 is 1.04 bits per heavy atom. The minimum absolute atomic E-state index is 0.141. The van der Waals surface area contributed by atoms with E-state index in [2.05, 4.69) is 38.5 Å². The first-order chi connectivity index (χ1) is 12.3. The lowest BCUT2D eigenvalue weighted by Gasteiger charge is -2.05. The van der Waals surface area contributed by atoms with Gasteiger partial charge in [-0.2, -0.15) is 10.1 Å². The predicted octanol–water partition coefficient (Wildman–Crippen LogP) is 3.05. The van der Waals surface area contributed by atoms with E-state index in [1.54, 1.807) is 6.07 Å². The molecule has 0 spiro atoms. The number of aromatic amines is 1. The molecule has 1 N–H and O–H groups in total. The van der Waals surface area contributed by atoms with Crippen LogP contribution in [0.2, 0.25) is 0 Å². The summed E-state index contributed by atoms with van der Waals surface area (Å²) in [6, 6.07) is 15.6. The van der Waals surface area contributed by atoms with Crippen molar-refractivity contribution in [2.24, 2.45) is 0 Å². The van der Waals surface area contributed by atoms with E-state index in [0.717, 1.165) is 12.8 Å². The van der Waals surface area contributed by atoms with Gasteiger partial charge in [-0.15, -0.1) is 0 Å². The highest BCUT2D eigenvalue weighted by Crippen LogP contribution is 2.37. The Labute approximate surface area is 142 Å². The number of hydrogen-bond acceptors (Lipinski definition) is 5. The molecule has 0 aliphatic heterocycles. The van der Waals surface area contributed by atoms with Crippen LogP contribution in [0.25, 0.3) is 22.4 Å². The third-order valence-corrected chi connectivity index (χ3v) is 4.78. The lowest BCUT2D eigenvalue weighted by Crippen LogP contribution is -2.09. The monoisotopic (exact) mass is 330 g/mol. The third-order valence-electron chi connectivity index (χ3n) is 4.78. The van der Waals surface area contributed by atoms with Crippen LogP contribution >= 0.6 is 0 Å². The van der Waals surface area contributed by atoms with Crippen molar-refractivity contribution in [3.63, 3.8) is 0 Å². The topological polar surface area (TPSA) is 84.7 Å². The molecule has 122 valence electrons. The van der Waals surface area contributed by atoms with Gasteiger partial charge in [0.2, 0.25) is 0 Å². The van der Waals surface area contributed by atoms with Gasteiger partial charge >= 0.3 is 0 Å². The quantitative estimate of drug-likeness (QED) is 0.610. The van der Waals surface area contributed by atoms with E-state index >= 15 is 0 Å². The molecule has 6 heteroatoms. The second-order valence-electron chi connectivity index (χ2n) is 6.19. The predicted molar refractivity (Wildman–Crippen MR) is 92.3 cm³/mol. The molecule has 6 nitrogen and oxygen atoms in total. The molecule has 1 aliphatic carbocycles. The Balaban J connectivity index is 1.61. The van der Waals surface area contributed by atoms with Crippen LogP contribution in [0, 0.1) is 0 Å². The third kappa shape index (κ3) is 2.18. The highest BCUT2D eigenvalue weighted by molar-refractivity contribution is 5.91. The van der Waals surface area contributed by atoms with Crippen molar-refractivity contribution in [2.45, 2.75) is 18.8 Å². The maximum atomic E-state index is 11.9. The number of rotatable bonds is 2. The fourth-order valence-corrected chi connectivity index (χ4v) is 3.58. The van der Waals surface area contributed by atoms with E-state index in [1.165, 1.54) is 11.1 Å². The number of benzene rings is 2. The largest absolute Gasteiger partial charge is 0.332 e. The summed E-state index contributed by atoms with van der Waals surface area (Å²) in [5, 5.41) is 12.1. The van der Waals surface area contributed by atoms with Gasteiger partial charge in [0.05, 0.1) is 5.39 Å². The summed E-state index contributed by atoms with van der Waals surface area (Å²) in [6.45, 7) is 0. The van der Waals surface area contributed by atoms with Crippen LogP contribution in [0.4, 0.5) is 0 Å². The number of nitrogens with one attached hydrogen (secondary N) is 1. The van der Waals surface area contributed by atoms with Crippen LogP contribution in [-0.2, 0) is 6.42 Å². The zero-order chi connectivity index (χ0) is 16.8. The average molecular weight is 330 g/mol. The van der Waals surface area contributed by atoms with Crippen molar-refractivity contribution in [3.05, 3.63) is 75.8 Å². The molecule has 5 rings (SSSR count). The van der Waals surface area contributed by atoms with Crippen molar-refractivity contribution in [1.29, 1.82) is 0 Å². The van der Waals surface area contributed by atoms with Crippen LogP contribution in [0.1, 0.15) is 29.3 Å². The molecular formula is C19H14N4O2. The molecule has 0 saturated heterocycles. The summed E-state index contributed by atoms with van der Waals surface area (Å²) in [4.78, 5) is 16.5. The minimum Gasteiger partial charge on any atom is -0.332 e. The standard InChI is InChI=1S/C19H14N4O2/c24-18-15-8-4-3-7-13(15)16(21-22-18)19-20-17(23-25-19)14-10-9-11-5-1-2-6-12(11)14/h1-8,14H,9-10H2,(H,22,24). The summed E-state index contributed by atoms with van der Waals surface area (Å²) >= 11 is 0. The molecule has 2 aromatic heterocycles. The first-order valence-corrected chi connectivity index (χ1v) is 8.20. The molecule has 1 unspecified atom stereocenters. The van der Waals surface area contributed by atoms with Crippen molar-refractivity contribution < 1.29 is 4.52 Å². The molecule has 0 radical (unpaired) electrons. The van der Waals surface area contributed by atoms with Crippen LogP contribution in [0.3, 0.4) is 0 Å². The zero-order valence-electron chi connectivity index (χ0n) is 13.3. The lowest BCUT2D eigenvalue weighted by molar-refractivity contribution is 0.418. The fourth-order valence-electron chi connectivity index (χ4n) is 3.58. The highest BCUT2D eigenvalue weighted by Gasteiger charge is 2.28. The number of hydrogen-bond donors (Lipinski definition) is 1. The van der Waals surface area contributed by atoms with E-state index in [9.17, 15) is 4.79 Å². The van der Waals surface area contributed by atoms with Crippen LogP contribution in [0.5, 0.6) is 0 Å². The van der Waals surface area contributed by atoms with Crippen molar-refractivity contribution >= 4 is 10.8 Å². The lowest BCUT2D eigenvalue weighted by atomic mass is 10.0. The number of aryl methyl sites for hydroxylation is 1. The second-order valence-corrected chi connectivity index (χ2v) is 6.19. The Kier molecular flexibility index (Phi) is 3.03. The fraction of sp³-hybridized carbons (Fsp3) is 0.158. The number of H-pyrrole nitrogens is 1. The Bertz CT molecular complexity index is 1150. The van der Waals surface area contributed by atoms with E-state index in [4.69, 9.17) is 4.52 Å². The van der Waals surface area contributed by atoms with E-state index in [0.29, 0.717) is 28.2 Å². The maximum absolute atomic E-state index is 11.9. The molecular weight excluding hydrogens is 316 g/mol. The molecule has 0 fully saturated rings. The number of fused-ring (bicyclic) bond motifs is 2. The molecule has 0 amide bonds. The normalized spacial score (nSPS) is 16.2. The molecule has 2 aromatic carbocycles. The summed E-state index contributed by atoms with van der Waals surface area (Å²) in [5.41, 5.74) is 2.87.